The van der Waals surface area contributed by atoms with E-state index in [1.54, 1.807) is 0 Å². The van der Waals surface area contributed by atoms with Crippen LogP contribution in [0.4, 0.5) is 5.69 Å². The topological polar surface area (TPSA) is 58.4 Å². The van der Waals surface area contributed by atoms with E-state index in [2.05, 4.69) is 16.3 Å². The largest absolute Gasteiger partial charge is 0.328 e. The van der Waals surface area contributed by atoms with Gasteiger partial charge in [-0.3, -0.25) is 4.79 Å². The van der Waals surface area contributed by atoms with Crippen molar-refractivity contribution in [3.8, 4) is 0 Å². The van der Waals surface area contributed by atoms with Crippen molar-refractivity contribution in [2.75, 3.05) is 19.4 Å². The lowest BCUT2D eigenvalue weighted by atomic mass is 10.1. The van der Waals surface area contributed by atoms with Gasteiger partial charge in [0.15, 0.2) is 0 Å². The van der Waals surface area contributed by atoms with Crippen molar-refractivity contribution in [1.82, 2.24) is 4.90 Å². The lowest BCUT2D eigenvalue weighted by Gasteiger charge is -2.11. The summed E-state index contributed by atoms with van der Waals surface area (Å²) in [7, 11) is 4.04. The van der Waals surface area contributed by atoms with Gasteiger partial charge in [0.2, 0.25) is 5.91 Å². The number of nitrogens with two attached hydrogens (primary N) is 1. The molecule has 0 aliphatic rings. The number of benzene rings is 1. The van der Waals surface area contributed by atoms with Crippen LogP contribution < -0.4 is 11.1 Å². The summed E-state index contributed by atoms with van der Waals surface area (Å²) in [5.41, 5.74) is 7.66. The fourth-order valence-electron chi connectivity index (χ4n) is 1.69. The zero-order valence-corrected chi connectivity index (χ0v) is 13.9. The highest BCUT2D eigenvalue weighted by Crippen LogP contribution is 2.12. The number of hydrogen-bond acceptors (Lipinski definition) is 3. The Balaban J connectivity index is 0. The van der Waals surface area contributed by atoms with E-state index in [4.69, 9.17) is 5.73 Å². The maximum atomic E-state index is 11.7. The highest BCUT2D eigenvalue weighted by molar-refractivity contribution is 5.90. The van der Waals surface area contributed by atoms with Crippen molar-refractivity contribution in [2.45, 2.75) is 32.4 Å². The van der Waals surface area contributed by atoms with Crippen LogP contribution >= 0.6 is 24.8 Å². The summed E-state index contributed by atoms with van der Waals surface area (Å²) in [5, 5.41) is 2.90. The first-order valence-corrected chi connectivity index (χ1v) is 6.26. The average Bonchev–Trinajstić information content (AvgIpc) is 2.26. The SMILES string of the molecule is CC(N)CCC(=O)Nc1cccc(CN(C)C)c1.Cl.Cl. The minimum Gasteiger partial charge on any atom is -0.328 e. The molecule has 0 saturated carbocycles. The summed E-state index contributed by atoms with van der Waals surface area (Å²) in [6.45, 7) is 2.77. The van der Waals surface area contributed by atoms with Gasteiger partial charge in [-0.1, -0.05) is 12.1 Å². The fourth-order valence-corrected chi connectivity index (χ4v) is 1.69. The minimum absolute atomic E-state index is 0. The third-order valence-corrected chi connectivity index (χ3v) is 2.54. The van der Waals surface area contributed by atoms with Crippen molar-refractivity contribution in [3.05, 3.63) is 29.8 Å². The molecule has 0 bridgehead atoms. The Morgan fingerprint density at radius 3 is 2.55 bits per heavy atom. The van der Waals surface area contributed by atoms with E-state index in [1.165, 1.54) is 5.56 Å². The predicted octanol–water partition coefficient (Wildman–Crippen LogP) is 2.66. The standard InChI is InChI=1S/C14H23N3O.2ClH/c1-11(15)7-8-14(18)16-13-6-4-5-12(9-13)10-17(2)3;;/h4-6,9,11H,7-8,10,15H2,1-3H3,(H,16,18);2*1H. The second kappa shape index (κ2) is 10.9. The Kier molecular flexibility index (Phi) is 11.7. The zero-order chi connectivity index (χ0) is 13.5. The van der Waals surface area contributed by atoms with Gasteiger partial charge in [0.25, 0.3) is 0 Å². The molecular formula is C14H25Cl2N3O. The molecule has 1 aromatic rings. The molecule has 0 aliphatic heterocycles. The molecule has 116 valence electrons. The van der Waals surface area contributed by atoms with Gasteiger partial charge in [0, 0.05) is 24.7 Å². The van der Waals surface area contributed by atoms with Gasteiger partial charge in [-0.05, 0) is 45.1 Å². The summed E-state index contributed by atoms with van der Waals surface area (Å²) in [5.74, 6) is 0.0225. The van der Waals surface area contributed by atoms with Crippen molar-refractivity contribution >= 4 is 36.4 Å². The van der Waals surface area contributed by atoms with Gasteiger partial charge < -0.3 is 16.0 Å². The number of nitrogens with zero attached hydrogens (tertiary/aromatic N) is 1. The van der Waals surface area contributed by atoms with Gasteiger partial charge >= 0.3 is 0 Å². The molecule has 1 atom stereocenters. The molecule has 6 heteroatoms. The molecule has 0 aromatic heterocycles. The van der Waals surface area contributed by atoms with E-state index in [1.807, 2.05) is 39.2 Å². The van der Waals surface area contributed by atoms with Crippen LogP contribution in [-0.4, -0.2) is 30.9 Å². The molecule has 1 amide bonds. The third-order valence-electron chi connectivity index (χ3n) is 2.54. The van der Waals surface area contributed by atoms with E-state index in [0.29, 0.717) is 12.8 Å². The number of anilines is 1. The smallest absolute Gasteiger partial charge is 0.224 e. The molecule has 3 N–H and O–H groups in total. The molecule has 1 aromatic carbocycles. The summed E-state index contributed by atoms with van der Waals surface area (Å²) < 4.78 is 0. The maximum Gasteiger partial charge on any atom is 0.224 e. The molecule has 0 saturated heterocycles. The van der Waals surface area contributed by atoms with Crippen molar-refractivity contribution in [1.29, 1.82) is 0 Å². The van der Waals surface area contributed by atoms with Gasteiger partial charge in [-0.15, -0.1) is 24.8 Å². The number of hydrogen-bond donors (Lipinski definition) is 2. The quantitative estimate of drug-likeness (QED) is 0.846. The molecule has 0 spiro atoms. The Labute approximate surface area is 133 Å². The van der Waals surface area contributed by atoms with Crippen molar-refractivity contribution in [2.24, 2.45) is 5.73 Å². The van der Waals surface area contributed by atoms with Gasteiger partial charge in [0.05, 0.1) is 0 Å². The molecule has 0 fully saturated rings. The third kappa shape index (κ3) is 9.15. The van der Waals surface area contributed by atoms with Crippen LogP contribution in [0, 0.1) is 0 Å². The van der Waals surface area contributed by atoms with Crippen LogP contribution in [0.15, 0.2) is 24.3 Å². The van der Waals surface area contributed by atoms with Gasteiger partial charge in [-0.2, -0.15) is 0 Å². The highest BCUT2D eigenvalue weighted by atomic mass is 35.5. The molecule has 0 heterocycles. The Morgan fingerprint density at radius 2 is 2.00 bits per heavy atom. The van der Waals surface area contributed by atoms with E-state index in [0.717, 1.165) is 12.2 Å². The van der Waals surface area contributed by atoms with Crippen LogP contribution in [0.2, 0.25) is 0 Å². The van der Waals surface area contributed by atoms with Crippen LogP contribution in [0.1, 0.15) is 25.3 Å². The van der Waals surface area contributed by atoms with Gasteiger partial charge in [0.1, 0.15) is 0 Å². The lowest BCUT2D eigenvalue weighted by Crippen LogP contribution is -2.19. The van der Waals surface area contributed by atoms with Crippen molar-refractivity contribution < 1.29 is 4.79 Å². The highest BCUT2D eigenvalue weighted by Gasteiger charge is 2.05. The molecule has 4 nitrogen and oxygen atoms in total. The van der Waals surface area contributed by atoms with Crippen molar-refractivity contribution in [3.63, 3.8) is 0 Å². The van der Waals surface area contributed by atoms with E-state index in [9.17, 15) is 4.79 Å². The van der Waals surface area contributed by atoms with Crippen LogP contribution in [-0.2, 0) is 11.3 Å². The van der Waals surface area contributed by atoms with E-state index < -0.39 is 0 Å². The molecule has 1 rings (SSSR count). The first-order valence-electron chi connectivity index (χ1n) is 6.26. The summed E-state index contributed by atoms with van der Waals surface area (Å²) in [6.07, 6.45) is 1.18. The van der Waals surface area contributed by atoms with Crippen LogP contribution in [0.5, 0.6) is 0 Å². The normalized spacial score (nSPS) is 11.2. The first-order chi connectivity index (χ1) is 8.47. The first kappa shape index (κ1) is 21.5. The monoisotopic (exact) mass is 321 g/mol. The number of carbonyl (C=O) groups excluding carboxylic acids is 1. The number of nitrogens with one attached hydrogen (secondary N) is 1. The molecule has 0 radical (unpaired) electrons. The number of amides is 1. The van der Waals surface area contributed by atoms with Crippen LogP contribution in [0.3, 0.4) is 0 Å². The van der Waals surface area contributed by atoms with Gasteiger partial charge in [-0.25, -0.2) is 0 Å². The minimum atomic E-state index is 0. The zero-order valence-electron chi connectivity index (χ0n) is 12.3. The van der Waals surface area contributed by atoms with E-state index in [-0.39, 0.29) is 36.8 Å². The average molecular weight is 322 g/mol. The lowest BCUT2D eigenvalue weighted by molar-refractivity contribution is -0.116. The number of rotatable bonds is 6. The fraction of sp³-hybridized carbons (Fsp3) is 0.500. The summed E-state index contributed by atoms with van der Waals surface area (Å²) in [4.78, 5) is 13.8. The predicted molar refractivity (Wildman–Crippen MR) is 89.8 cm³/mol. The summed E-state index contributed by atoms with van der Waals surface area (Å²) >= 11 is 0. The second-order valence-electron chi connectivity index (χ2n) is 5.00. The number of halogens is 2. The molecule has 0 aliphatic carbocycles. The second-order valence-corrected chi connectivity index (χ2v) is 5.00. The Bertz CT molecular complexity index is 398. The molecule has 20 heavy (non-hydrogen) atoms. The van der Waals surface area contributed by atoms with Crippen LogP contribution in [0.25, 0.3) is 0 Å². The molecular weight excluding hydrogens is 297 g/mol. The maximum absolute atomic E-state index is 11.7. The van der Waals surface area contributed by atoms with E-state index >= 15 is 0 Å². The summed E-state index contributed by atoms with van der Waals surface area (Å²) in [6, 6.07) is 7.99. The Morgan fingerprint density at radius 1 is 1.35 bits per heavy atom. The number of carbonyl (C=O) groups is 1. The molecule has 1 unspecified atom stereocenters. The Hall–Kier alpha value is -0.810.